The Morgan fingerprint density at radius 2 is 2.08 bits per heavy atom. The second-order valence-electron chi connectivity index (χ2n) is 5.99. The predicted molar refractivity (Wildman–Crippen MR) is 86.4 cm³/mol. The summed E-state index contributed by atoms with van der Waals surface area (Å²) in [6, 6.07) is 2.52. The molecule has 1 atom stereocenters. The van der Waals surface area contributed by atoms with Gasteiger partial charge in [-0.1, -0.05) is 0 Å². The van der Waals surface area contributed by atoms with Crippen LogP contribution in [0.1, 0.15) is 29.9 Å². The van der Waals surface area contributed by atoms with Crippen LogP contribution in [0.15, 0.2) is 30.7 Å². The van der Waals surface area contributed by atoms with E-state index >= 15 is 0 Å². The molecule has 0 bridgehead atoms. The van der Waals surface area contributed by atoms with Crippen LogP contribution in [0, 0.1) is 0 Å². The lowest BCUT2D eigenvalue weighted by molar-refractivity contribution is -0.141. The van der Waals surface area contributed by atoms with Crippen LogP contribution in [0.5, 0.6) is 0 Å². The number of amides is 1. The minimum atomic E-state index is -1.05. The van der Waals surface area contributed by atoms with E-state index in [1.807, 2.05) is 6.20 Å². The molecule has 0 saturated heterocycles. The Hall–Kier alpha value is -2.70. The fourth-order valence-electron chi connectivity index (χ4n) is 2.92. The highest BCUT2D eigenvalue weighted by molar-refractivity contribution is 5.84. The van der Waals surface area contributed by atoms with Gasteiger partial charge in [-0.15, -0.1) is 0 Å². The van der Waals surface area contributed by atoms with Crippen molar-refractivity contribution >= 4 is 11.9 Å². The van der Waals surface area contributed by atoms with Crippen LogP contribution in [-0.2, 0) is 35.4 Å². The number of pyridine rings is 1. The summed E-state index contributed by atoms with van der Waals surface area (Å²) in [5, 5.41) is 11.9. The molecule has 7 heteroatoms. The summed E-state index contributed by atoms with van der Waals surface area (Å²) in [6.45, 7) is 0.934. The van der Waals surface area contributed by atoms with Gasteiger partial charge >= 0.3 is 5.97 Å². The van der Waals surface area contributed by atoms with Crippen molar-refractivity contribution in [2.45, 2.75) is 44.7 Å². The first-order valence-electron chi connectivity index (χ1n) is 8.08. The number of carbonyl (C=O) groups is 2. The number of carboxylic acid groups (broad SMARTS) is 1. The molecule has 24 heavy (non-hydrogen) atoms. The Balaban J connectivity index is 1.61. The van der Waals surface area contributed by atoms with Gasteiger partial charge in [0.25, 0.3) is 0 Å². The van der Waals surface area contributed by atoms with E-state index in [-0.39, 0.29) is 18.7 Å². The number of hydrogen-bond acceptors (Lipinski definition) is 4. The molecule has 0 saturated carbocycles. The van der Waals surface area contributed by atoms with Crippen LogP contribution < -0.4 is 5.32 Å². The standard InChI is InChI=1S/C17H20N4O3/c22-16(10-13-11-21-8-2-1-3-15(21)19-13)20-14(17(23)24)9-12-4-6-18-7-5-12/h4-7,11,14H,1-3,8-10H2,(H,20,22)(H,23,24). The number of aliphatic carboxylic acids is 1. The Morgan fingerprint density at radius 3 is 2.79 bits per heavy atom. The third-order valence-electron chi connectivity index (χ3n) is 4.12. The van der Waals surface area contributed by atoms with Crippen molar-refractivity contribution in [2.75, 3.05) is 0 Å². The topological polar surface area (TPSA) is 97.1 Å². The fraction of sp³-hybridized carbons (Fsp3) is 0.412. The summed E-state index contributed by atoms with van der Waals surface area (Å²) >= 11 is 0. The number of aryl methyl sites for hydroxylation is 2. The van der Waals surface area contributed by atoms with Gasteiger partial charge in [0.15, 0.2) is 0 Å². The van der Waals surface area contributed by atoms with Gasteiger partial charge in [0.05, 0.1) is 12.1 Å². The second kappa shape index (κ2) is 7.25. The molecular formula is C17H20N4O3. The smallest absolute Gasteiger partial charge is 0.326 e. The molecule has 3 heterocycles. The number of nitrogens with one attached hydrogen (secondary N) is 1. The number of fused-ring (bicyclic) bond motifs is 1. The van der Waals surface area contributed by atoms with Crippen LogP contribution >= 0.6 is 0 Å². The normalized spacial score (nSPS) is 14.7. The first-order chi connectivity index (χ1) is 11.6. The van der Waals surface area contributed by atoms with Crippen LogP contribution in [0.4, 0.5) is 0 Å². The molecular weight excluding hydrogens is 308 g/mol. The number of carboxylic acids is 1. The number of carbonyl (C=O) groups excluding carboxylic acids is 1. The molecule has 2 aromatic heterocycles. The van der Waals surface area contributed by atoms with Crippen LogP contribution in [0.25, 0.3) is 0 Å². The van der Waals surface area contributed by atoms with E-state index in [1.54, 1.807) is 24.5 Å². The molecule has 2 aromatic rings. The molecule has 3 rings (SSSR count). The van der Waals surface area contributed by atoms with Crippen LogP contribution in [0.3, 0.4) is 0 Å². The molecule has 1 aliphatic rings. The minimum Gasteiger partial charge on any atom is -0.480 e. The zero-order valence-corrected chi connectivity index (χ0v) is 13.3. The zero-order valence-electron chi connectivity index (χ0n) is 13.3. The average Bonchev–Trinajstić information content (AvgIpc) is 2.97. The Labute approximate surface area is 139 Å². The largest absolute Gasteiger partial charge is 0.480 e. The fourth-order valence-corrected chi connectivity index (χ4v) is 2.92. The maximum Gasteiger partial charge on any atom is 0.326 e. The molecule has 1 amide bonds. The van der Waals surface area contributed by atoms with Gasteiger partial charge in [0, 0.05) is 38.0 Å². The Morgan fingerprint density at radius 1 is 1.29 bits per heavy atom. The molecule has 126 valence electrons. The Bertz CT molecular complexity index is 703. The van der Waals surface area contributed by atoms with Crippen molar-refractivity contribution in [1.29, 1.82) is 0 Å². The number of nitrogens with zero attached hydrogens (tertiary/aromatic N) is 3. The highest BCUT2D eigenvalue weighted by atomic mass is 16.4. The van der Waals surface area contributed by atoms with Gasteiger partial charge in [-0.05, 0) is 30.5 Å². The van der Waals surface area contributed by atoms with Crippen molar-refractivity contribution in [3.8, 4) is 0 Å². The summed E-state index contributed by atoms with van der Waals surface area (Å²) in [6.07, 6.45) is 8.60. The van der Waals surface area contributed by atoms with Crippen LogP contribution in [-0.4, -0.2) is 37.6 Å². The van der Waals surface area contributed by atoms with Crippen molar-refractivity contribution in [1.82, 2.24) is 19.9 Å². The van der Waals surface area contributed by atoms with Gasteiger partial charge in [0.1, 0.15) is 11.9 Å². The monoisotopic (exact) mass is 328 g/mol. The SMILES string of the molecule is O=C(Cc1cn2c(n1)CCCC2)NC(Cc1ccncc1)C(=O)O. The highest BCUT2D eigenvalue weighted by Crippen LogP contribution is 2.14. The van der Waals surface area contributed by atoms with E-state index in [2.05, 4.69) is 19.9 Å². The number of imidazole rings is 1. The van der Waals surface area contributed by atoms with E-state index in [4.69, 9.17) is 0 Å². The molecule has 0 fully saturated rings. The first kappa shape index (κ1) is 16.2. The van der Waals surface area contributed by atoms with Gasteiger partial charge in [0.2, 0.25) is 5.91 Å². The maximum atomic E-state index is 12.2. The number of hydrogen-bond donors (Lipinski definition) is 2. The third kappa shape index (κ3) is 3.98. The number of aromatic nitrogens is 3. The van der Waals surface area contributed by atoms with E-state index in [1.165, 1.54) is 0 Å². The summed E-state index contributed by atoms with van der Waals surface area (Å²) < 4.78 is 2.08. The molecule has 0 aromatic carbocycles. The summed E-state index contributed by atoms with van der Waals surface area (Å²) in [5.41, 5.74) is 1.51. The van der Waals surface area contributed by atoms with Crippen LogP contribution in [0.2, 0.25) is 0 Å². The van der Waals surface area contributed by atoms with Crippen molar-refractivity contribution in [3.63, 3.8) is 0 Å². The van der Waals surface area contributed by atoms with E-state index in [9.17, 15) is 14.7 Å². The first-order valence-corrected chi connectivity index (χ1v) is 8.08. The molecule has 0 spiro atoms. The van der Waals surface area contributed by atoms with Gasteiger partial charge < -0.3 is 15.0 Å². The van der Waals surface area contributed by atoms with Gasteiger partial charge in [-0.3, -0.25) is 9.78 Å². The second-order valence-corrected chi connectivity index (χ2v) is 5.99. The molecule has 1 unspecified atom stereocenters. The van der Waals surface area contributed by atoms with E-state index < -0.39 is 12.0 Å². The molecule has 0 aliphatic carbocycles. The van der Waals surface area contributed by atoms with E-state index in [0.29, 0.717) is 5.69 Å². The van der Waals surface area contributed by atoms with Crippen molar-refractivity contribution in [3.05, 3.63) is 47.8 Å². The summed E-state index contributed by atoms with van der Waals surface area (Å²) in [4.78, 5) is 32.0. The molecule has 1 aliphatic heterocycles. The molecule has 2 N–H and O–H groups in total. The zero-order chi connectivity index (χ0) is 16.9. The quantitative estimate of drug-likeness (QED) is 0.823. The van der Waals surface area contributed by atoms with E-state index in [0.717, 1.165) is 37.2 Å². The lowest BCUT2D eigenvalue weighted by Gasteiger charge is -2.14. The summed E-state index contributed by atoms with van der Waals surface area (Å²) in [5.74, 6) is -0.369. The average molecular weight is 328 g/mol. The molecule has 0 radical (unpaired) electrons. The lowest BCUT2D eigenvalue weighted by Crippen LogP contribution is -2.43. The van der Waals surface area contributed by atoms with Gasteiger partial charge in [-0.25, -0.2) is 9.78 Å². The minimum absolute atomic E-state index is 0.0973. The molecule has 7 nitrogen and oxygen atoms in total. The summed E-state index contributed by atoms with van der Waals surface area (Å²) in [7, 11) is 0. The lowest BCUT2D eigenvalue weighted by atomic mass is 10.1. The van der Waals surface area contributed by atoms with Crippen molar-refractivity contribution < 1.29 is 14.7 Å². The van der Waals surface area contributed by atoms with Gasteiger partial charge in [-0.2, -0.15) is 0 Å². The third-order valence-corrected chi connectivity index (χ3v) is 4.12. The highest BCUT2D eigenvalue weighted by Gasteiger charge is 2.21. The predicted octanol–water partition coefficient (Wildman–Crippen LogP) is 0.969. The number of rotatable bonds is 6. The van der Waals surface area contributed by atoms with Crippen molar-refractivity contribution in [2.24, 2.45) is 0 Å². The Kier molecular flexibility index (Phi) is 4.88. The maximum absolute atomic E-state index is 12.2.